The minimum Gasteiger partial charge on any atom is -0.398 e. The van der Waals surface area contributed by atoms with Gasteiger partial charge in [0.1, 0.15) is 5.82 Å². The van der Waals surface area contributed by atoms with Crippen LogP contribution in [0.5, 0.6) is 0 Å². The van der Waals surface area contributed by atoms with E-state index < -0.39 is 0 Å². The van der Waals surface area contributed by atoms with Gasteiger partial charge < -0.3 is 11.5 Å². The maximum Gasteiger partial charge on any atom is 0.119 e. The minimum absolute atomic E-state index is 0.251. The lowest BCUT2D eigenvalue weighted by atomic mass is 10.1. The topological polar surface area (TPSA) is 64.4 Å². The van der Waals surface area contributed by atoms with Crippen LogP contribution in [0, 0.1) is 5.92 Å². The van der Waals surface area contributed by atoms with Crippen LogP contribution in [0.3, 0.4) is 0 Å². The molecule has 0 aliphatic heterocycles. The van der Waals surface area contributed by atoms with Crippen LogP contribution >= 0.6 is 0 Å². The molecule has 4 N–H and O–H groups in total. The van der Waals surface area contributed by atoms with Gasteiger partial charge in [-0.3, -0.25) is 0 Å². The van der Waals surface area contributed by atoms with E-state index in [-0.39, 0.29) is 5.92 Å². The third-order valence-corrected chi connectivity index (χ3v) is 1.42. The molecule has 3 heteroatoms. The van der Waals surface area contributed by atoms with Crippen molar-refractivity contribution in [2.75, 3.05) is 0 Å². The van der Waals surface area contributed by atoms with E-state index in [9.17, 15) is 0 Å². The maximum absolute atomic E-state index is 5.53. The molecule has 0 radical (unpaired) electrons. The standard InChI is InChI=1S/C9H17N3/c1-5-8(11)12-9(6(2)3)7(4)10/h5-6H,4,10-11H2,1-3H3/b8-5-,12-9?. The fourth-order valence-electron chi connectivity index (χ4n) is 0.775. The molecule has 12 heavy (non-hydrogen) atoms. The highest BCUT2D eigenvalue weighted by Crippen LogP contribution is 2.04. The van der Waals surface area contributed by atoms with Crippen LogP contribution in [0.2, 0.25) is 0 Å². The van der Waals surface area contributed by atoms with E-state index in [1.165, 1.54) is 0 Å². The van der Waals surface area contributed by atoms with E-state index in [0.717, 1.165) is 5.71 Å². The minimum atomic E-state index is 0.251. The molecule has 0 aliphatic rings. The lowest BCUT2D eigenvalue weighted by Crippen LogP contribution is -2.17. The van der Waals surface area contributed by atoms with Crippen LogP contribution in [0.4, 0.5) is 0 Å². The summed E-state index contributed by atoms with van der Waals surface area (Å²) >= 11 is 0. The van der Waals surface area contributed by atoms with Gasteiger partial charge in [0.2, 0.25) is 0 Å². The molecule has 0 atom stereocenters. The van der Waals surface area contributed by atoms with Crippen molar-refractivity contribution in [2.45, 2.75) is 20.8 Å². The van der Waals surface area contributed by atoms with Crippen molar-refractivity contribution in [1.82, 2.24) is 0 Å². The molecule has 0 amide bonds. The van der Waals surface area contributed by atoms with Crippen molar-refractivity contribution in [1.29, 1.82) is 0 Å². The molecular weight excluding hydrogens is 150 g/mol. The van der Waals surface area contributed by atoms with Crippen molar-refractivity contribution in [3.8, 4) is 0 Å². The highest BCUT2D eigenvalue weighted by atomic mass is 14.9. The van der Waals surface area contributed by atoms with Crippen molar-refractivity contribution < 1.29 is 0 Å². The Kier molecular flexibility index (Phi) is 4.11. The average Bonchev–Trinajstić information content (AvgIpc) is 1.98. The first-order valence-corrected chi connectivity index (χ1v) is 3.94. The van der Waals surface area contributed by atoms with Crippen molar-refractivity contribution in [3.63, 3.8) is 0 Å². The molecule has 0 aromatic carbocycles. The SMILES string of the molecule is C=C(N)C(=N/C(N)=C\C)C(C)C. The smallest absolute Gasteiger partial charge is 0.119 e. The molecule has 0 aromatic rings. The largest absolute Gasteiger partial charge is 0.398 e. The Labute approximate surface area is 73.9 Å². The third-order valence-electron chi connectivity index (χ3n) is 1.42. The van der Waals surface area contributed by atoms with Crippen LogP contribution in [0.25, 0.3) is 0 Å². The molecule has 3 nitrogen and oxygen atoms in total. The van der Waals surface area contributed by atoms with Gasteiger partial charge in [0.25, 0.3) is 0 Å². The fraction of sp³-hybridized carbons (Fsp3) is 0.444. The van der Waals surface area contributed by atoms with E-state index in [1.54, 1.807) is 6.08 Å². The molecule has 0 aliphatic carbocycles. The van der Waals surface area contributed by atoms with Gasteiger partial charge in [-0.25, -0.2) is 4.99 Å². The van der Waals surface area contributed by atoms with E-state index in [4.69, 9.17) is 11.5 Å². The molecule has 0 fully saturated rings. The normalized spacial score (nSPS) is 13.7. The maximum atomic E-state index is 5.53. The zero-order valence-corrected chi connectivity index (χ0v) is 7.96. The third kappa shape index (κ3) is 3.23. The molecule has 0 spiro atoms. The zero-order chi connectivity index (χ0) is 9.72. The fourth-order valence-corrected chi connectivity index (χ4v) is 0.775. The number of nitrogens with zero attached hydrogens (tertiary/aromatic N) is 1. The molecule has 0 rings (SSSR count). The molecule has 0 saturated carbocycles. The van der Waals surface area contributed by atoms with Gasteiger partial charge in [-0.15, -0.1) is 0 Å². The van der Waals surface area contributed by atoms with Gasteiger partial charge in [-0.2, -0.15) is 0 Å². The second kappa shape index (κ2) is 4.59. The van der Waals surface area contributed by atoms with E-state index in [2.05, 4.69) is 11.6 Å². The summed E-state index contributed by atoms with van der Waals surface area (Å²) in [6.07, 6.45) is 1.73. The van der Waals surface area contributed by atoms with Crippen LogP contribution in [0.15, 0.2) is 29.2 Å². The van der Waals surface area contributed by atoms with Crippen LogP contribution in [0.1, 0.15) is 20.8 Å². The summed E-state index contributed by atoms with van der Waals surface area (Å²) in [4.78, 5) is 4.12. The Balaban J connectivity index is 4.74. The molecule has 0 heterocycles. The molecule has 0 unspecified atom stereocenters. The van der Waals surface area contributed by atoms with Crippen molar-refractivity contribution >= 4 is 5.71 Å². The predicted octanol–water partition coefficient (Wildman–Crippen LogP) is 1.38. The monoisotopic (exact) mass is 167 g/mol. The van der Waals surface area contributed by atoms with Gasteiger partial charge >= 0.3 is 0 Å². The zero-order valence-electron chi connectivity index (χ0n) is 7.96. The van der Waals surface area contributed by atoms with Gasteiger partial charge in [-0.05, 0) is 18.9 Å². The summed E-state index contributed by atoms with van der Waals surface area (Å²) in [5.41, 5.74) is 12.3. The summed E-state index contributed by atoms with van der Waals surface area (Å²) in [7, 11) is 0. The Morgan fingerprint density at radius 3 is 2.17 bits per heavy atom. The Morgan fingerprint density at radius 2 is 1.92 bits per heavy atom. The highest BCUT2D eigenvalue weighted by Gasteiger charge is 2.06. The van der Waals surface area contributed by atoms with E-state index in [1.807, 2.05) is 20.8 Å². The Morgan fingerprint density at radius 1 is 1.42 bits per heavy atom. The second-order valence-electron chi connectivity index (χ2n) is 2.89. The number of aliphatic imine (C=N–C) groups is 1. The molecular formula is C9H17N3. The molecule has 0 saturated heterocycles. The quantitative estimate of drug-likeness (QED) is 0.623. The first kappa shape index (κ1) is 10.8. The lowest BCUT2D eigenvalue weighted by Gasteiger charge is -2.08. The van der Waals surface area contributed by atoms with Gasteiger partial charge in [-0.1, -0.05) is 20.4 Å². The summed E-state index contributed by atoms with van der Waals surface area (Å²) in [5, 5.41) is 0. The van der Waals surface area contributed by atoms with Crippen molar-refractivity contribution in [3.05, 3.63) is 24.2 Å². The van der Waals surface area contributed by atoms with Gasteiger partial charge in [0.15, 0.2) is 0 Å². The number of nitrogens with two attached hydrogens (primary N) is 2. The van der Waals surface area contributed by atoms with E-state index in [0.29, 0.717) is 11.5 Å². The summed E-state index contributed by atoms with van der Waals surface area (Å²) in [6.45, 7) is 9.46. The number of allylic oxidation sites excluding steroid dienone is 2. The van der Waals surface area contributed by atoms with Gasteiger partial charge in [0, 0.05) is 5.70 Å². The summed E-state index contributed by atoms with van der Waals surface area (Å²) in [5.74, 6) is 0.728. The van der Waals surface area contributed by atoms with Crippen LogP contribution < -0.4 is 11.5 Å². The second-order valence-corrected chi connectivity index (χ2v) is 2.89. The van der Waals surface area contributed by atoms with Crippen LogP contribution in [-0.2, 0) is 0 Å². The first-order chi connectivity index (χ1) is 5.49. The Bertz CT molecular complexity index is 224. The Hall–Kier alpha value is -1.25. The first-order valence-electron chi connectivity index (χ1n) is 3.94. The summed E-state index contributed by atoms with van der Waals surface area (Å²) < 4.78 is 0. The number of hydrogen-bond donors (Lipinski definition) is 2. The number of rotatable bonds is 3. The van der Waals surface area contributed by atoms with Gasteiger partial charge in [0.05, 0.1) is 5.71 Å². The molecule has 68 valence electrons. The highest BCUT2D eigenvalue weighted by molar-refractivity contribution is 6.00. The average molecular weight is 167 g/mol. The summed E-state index contributed by atoms with van der Waals surface area (Å²) in [6, 6.07) is 0. The molecule has 0 bridgehead atoms. The molecule has 0 aromatic heterocycles. The predicted molar refractivity (Wildman–Crippen MR) is 53.5 cm³/mol. The van der Waals surface area contributed by atoms with E-state index >= 15 is 0 Å². The number of hydrogen-bond acceptors (Lipinski definition) is 3. The lowest BCUT2D eigenvalue weighted by molar-refractivity contribution is 0.876. The van der Waals surface area contributed by atoms with Crippen LogP contribution in [-0.4, -0.2) is 5.71 Å². The van der Waals surface area contributed by atoms with Crippen molar-refractivity contribution in [2.24, 2.45) is 22.4 Å².